The summed E-state index contributed by atoms with van der Waals surface area (Å²) >= 11 is 0. The maximum atomic E-state index is 12.9. The standard InChI is InChI=1S/C20H29N5O3/c1-19(2,3)16(17(21)27)22-18(28)15-12-9-7-8-10-13(12)25(24-15)11-14(26)23-20(4,5)6/h7-10,16H,11H2,1-6H3,(H2,21,27)(H,22,28)(H,23,26). The van der Waals surface area contributed by atoms with Gasteiger partial charge in [-0.05, 0) is 32.3 Å². The van der Waals surface area contributed by atoms with Crippen molar-refractivity contribution in [1.29, 1.82) is 0 Å². The molecule has 0 radical (unpaired) electrons. The molecule has 0 aliphatic heterocycles. The van der Waals surface area contributed by atoms with Gasteiger partial charge in [0.25, 0.3) is 5.91 Å². The zero-order chi connectivity index (χ0) is 21.3. The second-order valence-electron chi connectivity index (χ2n) is 9.00. The van der Waals surface area contributed by atoms with E-state index in [1.807, 2.05) is 47.6 Å². The highest BCUT2D eigenvalue weighted by molar-refractivity contribution is 6.06. The van der Waals surface area contributed by atoms with Gasteiger partial charge in [0.05, 0.1) is 5.52 Å². The van der Waals surface area contributed by atoms with Crippen molar-refractivity contribution in [1.82, 2.24) is 20.4 Å². The summed E-state index contributed by atoms with van der Waals surface area (Å²) in [5, 5.41) is 10.5. The maximum absolute atomic E-state index is 12.9. The van der Waals surface area contributed by atoms with Crippen molar-refractivity contribution in [3.05, 3.63) is 30.0 Å². The van der Waals surface area contributed by atoms with E-state index in [9.17, 15) is 14.4 Å². The summed E-state index contributed by atoms with van der Waals surface area (Å²) in [6.07, 6.45) is 0. The van der Waals surface area contributed by atoms with Gasteiger partial charge in [0.1, 0.15) is 12.6 Å². The largest absolute Gasteiger partial charge is 0.368 e. The number of benzene rings is 1. The lowest BCUT2D eigenvalue weighted by atomic mass is 9.86. The summed E-state index contributed by atoms with van der Waals surface area (Å²) in [5.41, 5.74) is 5.34. The molecule has 3 amide bonds. The predicted octanol–water partition coefficient (Wildman–Crippen LogP) is 1.58. The maximum Gasteiger partial charge on any atom is 0.273 e. The summed E-state index contributed by atoms with van der Waals surface area (Å²) in [7, 11) is 0. The molecule has 0 fully saturated rings. The van der Waals surface area contributed by atoms with Gasteiger partial charge in [0.2, 0.25) is 11.8 Å². The van der Waals surface area contributed by atoms with E-state index < -0.39 is 23.3 Å². The van der Waals surface area contributed by atoms with Gasteiger partial charge in [-0.2, -0.15) is 5.10 Å². The van der Waals surface area contributed by atoms with E-state index in [1.165, 1.54) is 4.68 Å². The topological polar surface area (TPSA) is 119 Å². The molecule has 152 valence electrons. The molecule has 8 heteroatoms. The molecule has 1 atom stereocenters. The lowest BCUT2D eigenvalue weighted by molar-refractivity contribution is -0.123. The van der Waals surface area contributed by atoms with Gasteiger partial charge in [-0.1, -0.05) is 39.0 Å². The molecule has 0 saturated carbocycles. The molecule has 0 spiro atoms. The van der Waals surface area contributed by atoms with Crippen molar-refractivity contribution in [2.45, 2.75) is 59.7 Å². The molecule has 2 rings (SSSR count). The average Bonchev–Trinajstić information content (AvgIpc) is 2.88. The zero-order valence-electron chi connectivity index (χ0n) is 17.3. The number of para-hydroxylation sites is 1. The number of nitrogens with one attached hydrogen (secondary N) is 2. The molecule has 8 nitrogen and oxygen atoms in total. The Bertz CT molecular complexity index is 903. The van der Waals surface area contributed by atoms with E-state index in [4.69, 9.17) is 5.73 Å². The fourth-order valence-corrected chi connectivity index (χ4v) is 2.92. The number of aromatic nitrogens is 2. The average molecular weight is 387 g/mol. The van der Waals surface area contributed by atoms with E-state index in [0.717, 1.165) is 0 Å². The van der Waals surface area contributed by atoms with Crippen molar-refractivity contribution >= 4 is 28.6 Å². The fourth-order valence-electron chi connectivity index (χ4n) is 2.92. The van der Waals surface area contributed by atoms with E-state index in [1.54, 1.807) is 18.2 Å². The Morgan fingerprint density at radius 3 is 2.25 bits per heavy atom. The Kier molecular flexibility index (Phi) is 5.82. The number of carbonyl (C=O) groups is 3. The first-order chi connectivity index (χ1) is 12.8. The van der Waals surface area contributed by atoms with Gasteiger partial charge < -0.3 is 16.4 Å². The quantitative estimate of drug-likeness (QED) is 0.721. The molecule has 1 aromatic carbocycles. The lowest BCUT2D eigenvalue weighted by Crippen LogP contribution is -2.52. The summed E-state index contributed by atoms with van der Waals surface area (Å²) in [6.45, 7) is 11.1. The summed E-state index contributed by atoms with van der Waals surface area (Å²) < 4.78 is 1.49. The van der Waals surface area contributed by atoms with Gasteiger partial charge in [0, 0.05) is 10.9 Å². The van der Waals surface area contributed by atoms with Gasteiger partial charge in [0.15, 0.2) is 5.69 Å². The monoisotopic (exact) mass is 387 g/mol. The lowest BCUT2D eigenvalue weighted by Gasteiger charge is -2.28. The Morgan fingerprint density at radius 1 is 1.11 bits per heavy atom. The van der Waals surface area contributed by atoms with Crippen LogP contribution in [0.15, 0.2) is 24.3 Å². The number of hydrogen-bond donors (Lipinski definition) is 3. The van der Waals surface area contributed by atoms with Crippen LogP contribution in [0.2, 0.25) is 0 Å². The smallest absolute Gasteiger partial charge is 0.273 e. The van der Waals surface area contributed by atoms with Crippen LogP contribution in [0.5, 0.6) is 0 Å². The second kappa shape index (κ2) is 7.61. The minimum atomic E-state index is -0.854. The van der Waals surface area contributed by atoms with Crippen LogP contribution in [0.1, 0.15) is 52.0 Å². The first-order valence-electron chi connectivity index (χ1n) is 9.16. The van der Waals surface area contributed by atoms with Crippen LogP contribution >= 0.6 is 0 Å². The molecular formula is C20H29N5O3. The minimum absolute atomic E-state index is 0.0242. The van der Waals surface area contributed by atoms with Crippen molar-refractivity contribution in [3.63, 3.8) is 0 Å². The van der Waals surface area contributed by atoms with E-state index in [2.05, 4.69) is 15.7 Å². The van der Waals surface area contributed by atoms with Crippen LogP contribution in [0.25, 0.3) is 10.9 Å². The van der Waals surface area contributed by atoms with Crippen LogP contribution in [-0.4, -0.2) is 39.1 Å². The van der Waals surface area contributed by atoms with E-state index >= 15 is 0 Å². The summed E-state index contributed by atoms with van der Waals surface area (Å²) in [4.78, 5) is 37.0. The highest BCUT2D eigenvalue weighted by atomic mass is 16.2. The molecule has 1 aromatic heterocycles. The van der Waals surface area contributed by atoms with Crippen LogP contribution in [0.4, 0.5) is 0 Å². The van der Waals surface area contributed by atoms with Crippen LogP contribution in [-0.2, 0) is 16.1 Å². The second-order valence-corrected chi connectivity index (χ2v) is 9.00. The van der Waals surface area contributed by atoms with Gasteiger partial charge in [-0.15, -0.1) is 0 Å². The van der Waals surface area contributed by atoms with Gasteiger partial charge >= 0.3 is 0 Å². The Balaban J connectivity index is 2.37. The SMILES string of the molecule is CC(C)(C)NC(=O)Cn1nc(C(=O)NC(C(N)=O)C(C)(C)C)c2ccccc21. The number of nitrogens with two attached hydrogens (primary N) is 1. The number of fused-ring (bicyclic) bond motifs is 1. The molecule has 0 bridgehead atoms. The fraction of sp³-hybridized carbons (Fsp3) is 0.500. The van der Waals surface area contributed by atoms with Gasteiger partial charge in [-0.25, -0.2) is 0 Å². The first-order valence-corrected chi connectivity index (χ1v) is 9.16. The molecular weight excluding hydrogens is 358 g/mol. The number of rotatable bonds is 5. The molecule has 0 aliphatic carbocycles. The van der Waals surface area contributed by atoms with Gasteiger partial charge in [-0.3, -0.25) is 19.1 Å². The Hall–Kier alpha value is -2.90. The number of nitrogens with zero attached hydrogens (tertiary/aromatic N) is 2. The molecule has 0 aliphatic rings. The molecule has 4 N–H and O–H groups in total. The van der Waals surface area contributed by atoms with E-state index in [0.29, 0.717) is 10.9 Å². The highest BCUT2D eigenvalue weighted by Crippen LogP contribution is 2.22. The summed E-state index contributed by atoms with van der Waals surface area (Å²) in [6, 6.07) is 6.29. The predicted molar refractivity (Wildman–Crippen MR) is 108 cm³/mol. The first kappa shape index (κ1) is 21.4. The van der Waals surface area contributed by atoms with Crippen molar-refractivity contribution < 1.29 is 14.4 Å². The molecule has 1 heterocycles. The zero-order valence-corrected chi connectivity index (χ0v) is 17.3. The van der Waals surface area contributed by atoms with Crippen LogP contribution in [0, 0.1) is 5.41 Å². The third-order valence-corrected chi connectivity index (χ3v) is 4.11. The Morgan fingerprint density at radius 2 is 1.71 bits per heavy atom. The molecule has 0 saturated heterocycles. The third kappa shape index (κ3) is 5.09. The minimum Gasteiger partial charge on any atom is -0.368 e. The highest BCUT2D eigenvalue weighted by Gasteiger charge is 2.32. The number of amides is 3. The third-order valence-electron chi connectivity index (χ3n) is 4.11. The summed E-state index contributed by atoms with van der Waals surface area (Å²) in [5.74, 6) is -1.34. The molecule has 1 unspecified atom stereocenters. The van der Waals surface area contributed by atoms with Crippen molar-refractivity contribution in [2.24, 2.45) is 11.1 Å². The van der Waals surface area contributed by atoms with Crippen LogP contribution < -0.4 is 16.4 Å². The van der Waals surface area contributed by atoms with Crippen molar-refractivity contribution in [3.8, 4) is 0 Å². The van der Waals surface area contributed by atoms with E-state index in [-0.39, 0.29) is 23.7 Å². The molecule has 2 aromatic rings. The molecule has 28 heavy (non-hydrogen) atoms. The number of carbonyl (C=O) groups excluding carboxylic acids is 3. The van der Waals surface area contributed by atoms with Crippen LogP contribution in [0.3, 0.4) is 0 Å². The Labute approximate surface area is 164 Å². The van der Waals surface area contributed by atoms with Crippen molar-refractivity contribution in [2.75, 3.05) is 0 Å². The normalized spacial score (nSPS) is 13.2. The number of primary amides is 1. The number of hydrogen-bond acceptors (Lipinski definition) is 4.